The molecule has 1 rings (SSSR count). The summed E-state index contributed by atoms with van der Waals surface area (Å²) in [5.74, 6) is -0.464. The van der Waals surface area contributed by atoms with Crippen molar-refractivity contribution in [3.05, 3.63) is 35.9 Å². The minimum absolute atomic E-state index is 0.236. The van der Waals surface area contributed by atoms with Crippen molar-refractivity contribution in [3.8, 4) is 0 Å². The van der Waals surface area contributed by atoms with Crippen molar-refractivity contribution in [2.24, 2.45) is 11.5 Å². The highest BCUT2D eigenvalue weighted by Gasteiger charge is 2.18. The van der Waals surface area contributed by atoms with E-state index in [1.807, 2.05) is 30.3 Å². The Morgan fingerprint density at radius 2 is 1.93 bits per heavy atom. The van der Waals surface area contributed by atoms with Gasteiger partial charge in [-0.3, -0.25) is 4.79 Å². The summed E-state index contributed by atoms with van der Waals surface area (Å²) in [5, 5.41) is 0. The molecule has 4 heteroatoms. The van der Waals surface area contributed by atoms with Crippen molar-refractivity contribution >= 4 is 5.97 Å². The van der Waals surface area contributed by atoms with E-state index in [1.54, 1.807) is 6.92 Å². The standard InChI is InChI=1S/C11H16N2O2/c1-8(12)10(13)11(14)15-7-9-5-3-2-4-6-9/h2-6,8,10H,7,12-13H2,1H3. The molecule has 0 aromatic heterocycles. The van der Waals surface area contributed by atoms with Gasteiger partial charge in [0.1, 0.15) is 12.6 Å². The van der Waals surface area contributed by atoms with E-state index in [4.69, 9.17) is 16.2 Å². The molecular weight excluding hydrogens is 192 g/mol. The van der Waals surface area contributed by atoms with Crippen molar-refractivity contribution in [3.63, 3.8) is 0 Å². The minimum Gasteiger partial charge on any atom is -0.460 e. The van der Waals surface area contributed by atoms with Crippen molar-refractivity contribution in [2.75, 3.05) is 0 Å². The van der Waals surface area contributed by atoms with Crippen molar-refractivity contribution in [1.82, 2.24) is 0 Å². The Morgan fingerprint density at radius 1 is 1.33 bits per heavy atom. The Kier molecular flexibility index (Phi) is 4.27. The van der Waals surface area contributed by atoms with Gasteiger partial charge in [0.2, 0.25) is 0 Å². The lowest BCUT2D eigenvalue weighted by molar-refractivity contribution is -0.146. The number of benzene rings is 1. The van der Waals surface area contributed by atoms with Crippen LogP contribution in [0.3, 0.4) is 0 Å². The number of hydrogen-bond donors (Lipinski definition) is 2. The molecule has 0 saturated carbocycles. The Hall–Kier alpha value is -1.39. The zero-order chi connectivity index (χ0) is 11.3. The normalized spacial score (nSPS) is 14.3. The summed E-state index contributed by atoms with van der Waals surface area (Å²) in [5.41, 5.74) is 11.9. The number of rotatable bonds is 4. The summed E-state index contributed by atoms with van der Waals surface area (Å²) < 4.78 is 5.01. The first-order valence-electron chi connectivity index (χ1n) is 4.83. The number of esters is 1. The summed E-state index contributed by atoms with van der Waals surface area (Å²) in [6.45, 7) is 1.91. The Balaban J connectivity index is 2.41. The van der Waals surface area contributed by atoms with E-state index < -0.39 is 18.1 Å². The van der Waals surface area contributed by atoms with Crippen LogP contribution in [-0.2, 0) is 16.1 Å². The maximum Gasteiger partial charge on any atom is 0.324 e. The van der Waals surface area contributed by atoms with Crippen LogP contribution in [0.25, 0.3) is 0 Å². The molecule has 0 heterocycles. The minimum atomic E-state index is -0.756. The molecule has 0 saturated heterocycles. The first-order chi connectivity index (χ1) is 7.11. The lowest BCUT2D eigenvalue weighted by atomic mass is 10.2. The van der Waals surface area contributed by atoms with Crippen LogP contribution in [0.5, 0.6) is 0 Å². The lowest BCUT2D eigenvalue weighted by Gasteiger charge is -2.14. The number of nitrogens with two attached hydrogens (primary N) is 2. The summed E-state index contributed by atoms with van der Waals surface area (Å²) in [6.07, 6.45) is 0. The third kappa shape index (κ3) is 3.69. The van der Waals surface area contributed by atoms with Gasteiger partial charge in [0.15, 0.2) is 0 Å². The summed E-state index contributed by atoms with van der Waals surface area (Å²) in [4.78, 5) is 11.3. The third-order valence-corrected chi connectivity index (χ3v) is 2.06. The summed E-state index contributed by atoms with van der Waals surface area (Å²) >= 11 is 0. The van der Waals surface area contributed by atoms with E-state index in [-0.39, 0.29) is 6.61 Å². The molecule has 15 heavy (non-hydrogen) atoms. The zero-order valence-electron chi connectivity index (χ0n) is 8.72. The van der Waals surface area contributed by atoms with Crippen LogP contribution in [0.1, 0.15) is 12.5 Å². The molecule has 0 fully saturated rings. The second-order valence-electron chi connectivity index (χ2n) is 3.48. The van der Waals surface area contributed by atoms with Gasteiger partial charge in [-0.15, -0.1) is 0 Å². The van der Waals surface area contributed by atoms with Gasteiger partial charge in [-0.2, -0.15) is 0 Å². The quantitative estimate of drug-likeness (QED) is 0.702. The molecular formula is C11H16N2O2. The van der Waals surface area contributed by atoms with Gasteiger partial charge in [0, 0.05) is 6.04 Å². The van der Waals surface area contributed by atoms with E-state index in [2.05, 4.69) is 0 Å². The molecule has 1 aromatic carbocycles. The predicted octanol–water partition coefficient (Wildman–Crippen LogP) is 0.404. The largest absolute Gasteiger partial charge is 0.460 e. The molecule has 0 radical (unpaired) electrons. The van der Waals surface area contributed by atoms with Crippen LogP contribution in [0.4, 0.5) is 0 Å². The summed E-state index contributed by atoms with van der Waals surface area (Å²) in [6, 6.07) is 8.28. The van der Waals surface area contributed by atoms with Gasteiger partial charge in [-0.1, -0.05) is 30.3 Å². The topological polar surface area (TPSA) is 78.3 Å². The average Bonchev–Trinajstić information content (AvgIpc) is 2.26. The highest BCUT2D eigenvalue weighted by Crippen LogP contribution is 2.01. The molecule has 4 nitrogen and oxygen atoms in total. The Bertz CT molecular complexity index is 312. The van der Waals surface area contributed by atoms with Crippen molar-refractivity contribution in [1.29, 1.82) is 0 Å². The number of hydrogen-bond acceptors (Lipinski definition) is 4. The van der Waals surface area contributed by atoms with E-state index in [0.29, 0.717) is 0 Å². The van der Waals surface area contributed by atoms with E-state index in [9.17, 15) is 4.79 Å². The smallest absolute Gasteiger partial charge is 0.324 e. The third-order valence-electron chi connectivity index (χ3n) is 2.06. The fourth-order valence-corrected chi connectivity index (χ4v) is 1.04. The lowest BCUT2D eigenvalue weighted by Crippen LogP contribution is -2.46. The van der Waals surface area contributed by atoms with Crippen LogP contribution < -0.4 is 11.5 Å². The zero-order valence-corrected chi connectivity index (χ0v) is 8.72. The fourth-order valence-electron chi connectivity index (χ4n) is 1.04. The molecule has 0 amide bonds. The van der Waals surface area contributed by atoms with Gasteiger partial charge in [-0.25, -0.2) is 0 Å². The fraction of sp³-hybridized carbons (Fsp3) is 0.364. The monoisotopic (exact) mass is 208 g/mol. The van der Waals surface area contributed by atoms with Crippen LogP contribution in [0.15, 0.2) is 30.3 Å². The SMILES string of the molecule is CC(N)C(N)C(=O)OCc1ccccc1. The molecule has 0 aliphatic carbocycles. The molecule has 82 valence electrons. The molecule has 0 bridgehead atoms. The first-order valence-corrected chi connectivity index (χ1v) is 4.83. The number of carbonyl (C=O) groups is 1. The van der Waals surface area contributed by atoms with E-state index in [1.165, 1.54) is 0 Å². The van der Waals surface area contributed by atoms with Gasteiger partial charge in [0.25, 0.3) is 0 Å². The maximum atomic E-state index is 11.3. The second-order valence-corrected chi connectivity index (χ2v) is 3.48. The van der Waals surface area contributed by atoms with Gasteiger partial charge in [0.05, 0.1) is 0 Å². The molecule has 2 atom stereocenters. The number of ether oxygens (including phenoxy) is 1. The highest BCUT2D eigenvalue weighted by atomic mass is 16.5. The second kappa shape index (κ2) is 5.48. The van der Waals surface area contributed by atoms with Crippen LogP contribution in [0, 0.1) is 0 Å². The Labute approximate surface area is 89.2 Å². The maximum absolute atomic E-state index is 11.3. The van der Waals surface area contributed by atoms with Gasteiger partial charge in [-0.05, 0) is 12.5 Å². The molecule has 0 spiro atoms. The van der Waals surface area contributed by atoms with Crippen molar-refractivity contribution < 1.29 is 9.53 Å². The van der Waals surface area contributed by atoms with E-state index in [0.717, 1.165) is 5.56 Å². The van der Waals surface area contributed by atoms with E-state index >= 15 is 0 Å². The van der Waals surface area contributed by atoms with Crippen LogP contribution in [-0.4, -0.2) is 18.1 Å². The average molecular weight is 208 g/mol. The highest BCUT2D eigenvalue weighted by molar-refractivity contribution is 5.76. The van der Waals surface area contributed by atoms with Gasteiger partial charge >= 0.3 is 5.97 Å². The molecule has 0 aliphatic heterocycles. The van der Waals surface area contributed by atoms with Gasteiger partial charge < -0.3 is 16.2 Å². The molecule has 2 unspecified atom stereocenters. The first kappa shape index (κ1) is 11.7. The molecule has 4 N–H and O–H groups in total. The number of carbonyl (C=O) groups excluding carboxylic acids is 1. The van der Waals surface area contributed by atoms with Crippen LogP contribution in [0.2, 0.25) is 0 Å². The summed E-state index contributed by atoms with van der Waals surface area (Å²) in [7, 11) is 0. The Morgan fingerprint density at radius 3 is 2.47 bits per heavy atom. The molecule has 1 aromatic rings. The molecule has 0 aliphatic rings. The predicted molar refractivity (Wildman–Crippen MR) is 57.9 cm³/mol. The van der Waals surface area contributed by atoms with Crippen molar-refractivity contribution in [2.45, 2.75) is 25.6 Å². The van der Waals surface area contributed by atoms with Crippen LogP contribution >= 0.6 is 0 Å².